The van der Waals surface area contributed by atoms with Gasteiger partial charge in [-0.15, -0.1) is 0 Å². The molecule has 0 aliphatic carbocycles. The van der Waals surface area contributed by atoms with Crippen LogP contribution < -0.4 is 5.56 Å². The number of aryl methyl sites for hydroxylation is 2. The largest absolute Gasteiger partial charge is 0.369 e. The van der Waals surface area contributed by atoms with Crippen molar-refractivity contribution in [2.75, 3.05) is 19.7 Å². The van der Waals surface area contributed by atoms with Crippen molar-refractivity contribution in [3.63, 3.8) is 0 Å². The second-order valence-electron chi connectivity index (χ2n) is 5.65. The first kappa shape index (κ1) is 14.9. The molecule has 1 unspecified atom stereocenters. The summed E-state index contributed by atoms with van der Waals surface area (Å²) < 4.78 is 5.80. The molecule has 1 aliphatic rings. The van der Waals surface area contributed by atoms with E-state index in [1.807, 2.05) is 12.4 Å². The number of hydrogen-bond donors (Lipinski definition) is 1. The van der Waals surface area contributed by atoms with E-state index in [2.05, 4.69) is 32.8 Å². The van der Waals surface area contributed by atoms with Gasteiger partial charge in [-0.1, -0.05) is 0 Å². The number of aromatic amines is 1. The number of hydrogen-bond acceptors (Lipinski definition) is 5. The number of aromatic nitrogens is 3. The summed E-state index contributed by atoms with van der Waals surface area (Å²) in [5, 5.41) is 0. The topological polar surface area (TPSA) is 71.1 Å². The predicted molar refractivity (Wildman–Crippen MR) is 82.5 cm³/mol. The smallest absolute Gasteiger partial charge is 0.251 e. The first-order chi connectivity index (χ1) is 10.6. The fraction of sp³-hybridized carbons (Fsp3) is 0.438. The Morgan fingerprint density at radius 2 is 2.32 bits per heavy atom. The number of nitrogens with zero attached hydrogens (tertiary/aromatic N) is 3. The summed E-state index contributed by atoms with van der Waals surface area (Å²) in [6.45, 7) is 6.96. The van der Waals surface area contributed by atoms with Crippen molar-refractivity contribution in [1.82, 2.24) is 19.9 Å². The van der Waals surface area contributed by atoms with Gasteiger partial charge in [0.05, 0.1) is 12.3 Å². The molecule has 1 aliphatic heterocycles. The molecular weight excluding hydrogens is 280 g/mol. The minimum Gasteiger partial charge on any atom is -0.369 e. The molecule has 3 rings (SSSR count). The van der Waals surface area contributed by atoms with E-state index >= 15 is 0 Å². The zero-order valence-electron chi connectivity index (χ0n) is 12.9. The predicted octanol–water partition coefficient (Wildman–Crippen LogP) is 1.36. The summed E-state index contributed by atoms with van der Waals surface area (Å²) in [5.41, 5.74) is 3.03. The summed E-state index contributed by atoms with van der Waals surface area (Å²) in [4.78, 5) is 25.1. The average Bonchev–Trinajstić information content (AvgIpc) is 2.49. The van der Waals surface area contributed by atoms with E-state index < -0.39 is 0 Å². The Morgan fingerprint density at radius 3 is 3.09 bits per heavy atom. The van der Waals surface area contributed by atoms with Gasteiger partial charge in [-0.2, -0.15) is 0 Å². The Kier molecular flexibility index (Phi) is 4.31. The third kappa shape index (κ3) is 3.40. The molecule has 0 saturated carbocycles. The Bertz CT molecular complexity index is 713. The SMILES string of the molecule is Cc1nc(C2CN(Cc3ccncc3C)CCO2)cc(=O)[nH]1. The number of morpholine rings is 1. The Morgan fingerprint density at radius 1 is 1.45 bits per heavy atom. The molecule has 0 radical (unpaired) electrons. The lowest BCUT2D eigenvalue weighted by molar-refractivity contribution is -0.0352. The van der Waals surface area contributed by atoms with Gasteiger partial charge >= 0.3 is 0 Å². The second kappa shape index (κ2) is 6.37. The Hall–Kier alpha value is -2.05. The van der Waals surface area contributed by atoms with Crippen molar-refractivity contribution in [1.29, 1.82) is 0 Å². The number of nitrogens with one attached hydrogen (secondary N) is 1. The molecule has 2 aromatic rings. The standard InChI is InChI=1S/C16H20N4O2/c1-11-8-17-4-3-13(11)9-20-5-6-22-15(10-20)14-7-16(21)19-12(2)18-14/h3-4,7-8,15H,5-6,9-10H2,1-2H3,(H,18,19,21). The normalized spacial score (nSPS) is 19.3. The first-order valence-electron chi connectivity index (χ1n) is 7.43. The van der Waals surface area contributed by atoms with Gasteiger partial charge in [0, 0.05) is 38.1 Å². The molecule has 22 heavy (non-hydrogen) atoms. The van der Waals surface area contributed by atoms with E-state index in [4.69, 9.17) is 4.74 Å². The Labute approximate surface area is 129 Å². The summed E-state index contributed by atoms with van der Waals surface area (Å²) in [6.07, 6.45) is 3.55. The van der Waals surface area contributed by atoms with E-state index in [-0.39, 0.29) is 11.7 Å². The molecule has 0 spiro atoms. The first-order valence-corrected chi connectivity index (χ1v) is 7.43. The van der Waals surface area contributed by atoms with Gasteiger partial charge < -0.3 is 9.72 Å². The van der Waals surface area contributed by atoms with Crippen LogP contribution in [0.25, 0.3) is 0 Å². The van der Waals surface area contributed by atoms with Gasteiger partial charge in [0.15, 0.2) is 0 Å². The summed E-state index contributed by atoms with van der Waals surface area (Å²) in [6, 6.07) is 3.58. The van der Waals surface area contributed by atoms with Crippen LogP contribution >= 0.6 is 0 Å². The summed E-state index contributed by atoms with van der Waals surface area (Å²) in [5.74, 6) is 0.619. The van der Waals surface area contributed by atoms with Gasteiger partial charge in [0.25, 0.3) is 5.56 Å². The third-order valence-electron chi connectivity index (χ3n) is 3.89. The van der Waals surface area contributed by atoms with E-state index in [0.717, 1.165) is 19.6 Å². The average molecular weight is 300 g/mol. The molecule has 0 bridgehead atoms. The summed E-state index contributed by atoms with van der Waals surface area (Å²) >= 11 is 0. The van der Waals surface area contributed by atoms with Crippen LogP contribution in [0.3, 0.4) is 0 Å². The molecule has 1 N–H and O–H groups in total. The fourth-order valence-electron chi connectivity index (χ4n) is 2.71. The van der Waals surface area contributed by atoms with Crippen LogP contribution in [0.15, 0.2) is 29.3 Å². The van der Waals surface area contributed by atoms with Crippen molar-refractivity contribution < 1.29 is 4.74 Å². The van der Waals surface area contributed by atoms with Crippen molar-refractivity contribution >= 4 is 0 Å². The highest BCUT2D eigenvalue weighted by molar-refractivity contribution is 5.21. The zero-order chi connectivity index (χ0) is 15.5. The van der Waals surface area contributed by atoms with Gasteiger partial charge in [-0.05, 0) is 31.0 Å². The minimum absolute atomic E-state index is 0.131. The fourth-order valence-corrected chi connectivity index (χ4v) is 2.71. The van der Waals surface area contributed by atoms with Gasteiger partial charge in [0.2, 0.25) is 0 Å². The van der Waals surface area contributed by atoms with E-state index in [9.17, 15) is 4.79 Å². The highest BCUT2D eigenvalue weighted by Crippen LogP contribution is 2.21. The number of rotatable bonds is 3. The lowest BCUT2D eigenvalue weighted by atomic mass is 10.1. The monoisotopic (exact) mass is 300 g/mol. The van der Waals surface area contributed by atoms with Crippen LogP contribution in [0.4, 0.5) is 0 Å². The number of pyridine rings is 1. The molecule has 0 amide bonds. The lowest BCUT2D eigenvalue weighted by Gasteiger charge is -2.32. The van der Waals surface area contributed by atoms with Gasteiger partial charge in [-0.25, -0.2) is 4.98 Å². The lowest BCUT2D eigenvalue weighted by Crippen LogP contribution is -2.38. The molecular formula is C16H20N4O2. The molecule has 1 atom stereocenters. The maximum Gasteiger partial charge on any atom is 0.251 e. The molecule has 6 heteroatoms. The van der Waals surface area contributed by atoms with Crippen LogP contribution in [-0.4, -0.2) is 39.5 Å². The third-order valence-corrected chi connectivity index (χ3v) is 3.89. The highest BCUT2D eigenvalue weighted by Gasteiger charge is 2.24. The highest BCUT2D eigenvalue weighted by atomic mass is 16.5. The maximum atomic E-state index is 11.6. The van der Waals surface area contributed by atoms with Gasteiger partial charge in [-0.3, -0.25) is 14.7 Å². The van der Waals surface area contributed by atoms with Crippen LogP contribution in [-0.2, 0) is 11.3 Å². The minimum atomic E-state index is -0.156. The zero-order valence-corrected chi connectivity index (χ0v) is 12.9. The van der Waals surface area contributed by atoms with E-state index in [1.165, 1.54) is 17.2 Å². The summed E-state index contributed by atoms with van der Waals surface area (Å²) in [7, 11) is 0. The molecule has 6 nitrogen and oxygen atoms in total. The van der Waals surface area contributed by atoms with Gasteiger partial charge in [0.1, 0.15) is 11.9 Å². The second-order valence-corrected chi connectivity index (χ2v) is 5.65. The van der Waals surface area contributed by atoms with Crippen molar-refractivity contribution in [3.8, 4) is 0 Å². The molecule has 116 valence electrons. The van der Waals surface area contributed by atoms with Crippen LogP contribution in [0.5, 0.6) is 0 Å². The maximum absolute atomic E-state index is 11.6. The molecule has 1 saturated heterocycles. The van der Waals surface area contributed by atoms with E-state index in [0.29, 0.717) is 18.1 Å². The van der Waals surface area contributed by atoms with Crippen molar-refractivity contribution in [3.05, 3.63) is 57.5 Å². The van der Waals surface area contributed by atoms with Crippen LogP contribution in [0, 0.1) is 13.8 Å². The molecule has 1 fully saturated rings. The molecule has 0 aromatic carbocycles. The number of H-pyrrole nitrogens is 1. The van der Waals surface area contributed by atoms with Crippen molar-refractivity contribution in [2.45, 2.75) is 26.5 Å². The molecule has 2 aromatic heterocycles. The number of ether oxygens (including phenoxy) is 1. The van der Waals surface area contributed by atoms with Crippen LogP contribution in [0.2, 0.25) is 0 Å². The van der Waals surface area contributed by atoms with Crippen LogP contribution in [0.1, 0.15) is 28.7 Å². The van der Waals surface area contributed by atoms with Crippen molar-refractivity contribution in [2.24, 2.45) is 0 Å². The quantitative estimate of drug-likeness (QED) is 0.926. The van der Waals surface area contributed by atoms with E-state index in [1.54, 1.807) is 6.92 Å². The Balaban J connectivity index is 1.74. The molecule has 3 heterocycles.